The monoisotopic (exact) mass is 577 g/mol. The van der Waals surface area contributed by atoms with E-state index in [1.165, 1.54) is 5.56 Å². The molecule has 0 aliphatic heterocycles. The Kier molecular flexibility index (Phi) is 8.89. The van der Waals surface area contributed by atoms with E-state index in [4.69, 9.17) is 20.5 Å². The van der Waals surface area contributed by atoms with E-state index in [1.54, 1.807) is 31.4 Å². The van der Waals surface area contributed by atoms with Crippen LogP contribution in [-0.2, 0) is 6.54 Å². The van der Waals surface area contributed by atoms with Crippen molar-refractivity contribution in [3.05, 3.63) is 103 Å². The number of ether oxygens (including phenoxy) is 1. The average molecular weight is 577 g/mol. The van der Waals surface area contributed by atoms with Gasteiger partial charge in [0.2, 0.25) is 0 Å². The first-order valence-corrected chi connectivity index (χ1v) is 13.5. The highest BCUT2D eigenvalue weighted by Crippen LogP contribution is 2.34. The quantitative estimate of drug-likeness (QED) is 0.195. The zero-order chi connectivity index (χ0) is 30.3. The highest BCUT2D eigenvalue weighted by molar-refractivity contribution is 6.33. The number of nitrogens with one attached hydrogen (secondary N) is 1. The van der Waals surface area contributed by atoms with Crippen LogP contribution in [0.5, 0.6) is 11.5 Å². The van der Waals surface area contributed by atoms with E-state index in [0.29, 0.717) is 23.9 Å². The summed E-state index contributed by atoms with van der Waals surface area (Å²) >= 11 is 0. The Morgan fingerprint density at radius 3 is 2.21 bits per heavy atom. The number of hydrogen-bond donors (Lipinski definition) is 4. The third kappa shape index (κ3) is 6.95. The van der Waals surface area contributed by atoms with Gasteiger partial charge in [-0.05, 0) is 54.1 Å². The van der Waals surface area contributed by atoms with Crippen molar-refractivity contribution in [1.82, 2.24) is 25.2 Å². The van der Waals surface area contributed by atoms with Crippen LogP contribution in [0.4, 0.5) is 11.5 Å². The van der Waals surface area contributed by atoms with Gasteiger partial charge in [-0.15, -0.1) is 5.10 Å². The molecule has 2 aromatic heterocycles. The van der Waals surface area contributed by atoms with Gasteiger partial charge in [0.25, 0.3) is 0 Å². The number of methoxy groups -OCH3 is 1. The molecule has 0 radical (unpaired) electrons. The summed E-state index contributed by atoms with van der Waals surface area (Å²) in [6.45, 7) is 0.634. The van der Waals surface area contributed by atoms with Crippen molar-refractivity contribution in [3.8, 4) is 34.0 Å². The first-order valence-electron chi connectivity index (χ1n) is 13.5. The molecule has 43 heavy (non-hydrogen) atoms. The molecule has 0 amide bonds. The second-order valence-electron chi connectivity index (χ2n) is 9.86. The maximum atomic E-state index is 8.43. The Hall–Kier alpha value is -5.33. The van der Waals surface area contributed by atoms with E-state index in [1.807, 2.05) is 55.2 Å². The zero-order valence-corrected chi connectivity index (χ0v) is 24.0. The number of benzene rings is 4. The summed E-state index contributed by atoms with van der Waals surface area (Å²) in [4.78, 5) is 2.08. The minimum Gasteiger partial charge on any atom is -0.512 e. The Labute approximate surface area is 249 Å². The van der Waals surface area contributed by atoms with E-state index in [9.17, 15) is 0 Å². The fourth-order valence-corrected chi connectivity index (χ4v) is 4.54. The van der Waals surface area contributed by atoms with Crippen molar-refractivity contribution in [2.75, 3.05) is 31.8 Å². The number of nitrogens with zero attached hydrogens (tertiary/aromatic N) is 5. The van der Waals surface area contributed by atoms with Gasteiger partial charge in [0.15, 0.2) is 5.82 Å². The second kappa shape index (κ2) is 13.1. The first-order chi connectivity index (χ1) is 20.8. The van der Waals surface area contributed by atoms with E-state index in [2.05, 4.69) is 66.5 Å². The van der Waals surface area contributed by atoms with E-state index in [0.717, 1.165) is 39.1 Å². The topological polar surface area (TPSA) is 148 Å². The predicted molar refractivity (Wildman–Crippen MR) is 169 cm³/mol. The lowest BCUT2D eigenvalue weighted by Crippen LogP contribution is -2.20. The molecule has 0 aliphatic carbocycles. The molecule has 12 heteroatoms. The van der Waals surface area contributed by atoms with Gasteiger partial charge < -0.3 is 30.1 Å². The van der Waals surface area contributed by atoms with Crippen molar-refractivity contribution >= 4 is 29.7 Å². The van der Waals surface area contributed by atoms with Gasteiger partial charge in [-0.2, -0.15) is 5.10 Å². The molecule has 0 spiro atoms. The smallest absolute Gasteiger partial charge is 0.512 e. The molecular formula is C31H32BN7O4. The largest absolute Gasteiger partial charge is 0.707 e. The van der Waals surface area contributed by atoms with Crippen LogP contribution in [0.2, 0.25) is 0 Å². The summed E-state index contributed by atoms with van der Waals surface area (Å²) < 4.78 is 11.4. The Balaban J connectivity index is 0.000000259. The normalized spacial score (nSPS) is 10.6. The van der Waals surface area contributed by atoms with Gasteiger partial charge in [0.05, 0.1) is 24.9 Å². The number of aromatic amines is 1. The highest BCUT2D eigenvalue weighted by atomic mass is 16.6. The van der Waals surface area contributed by atoms with E-state index >= 15 is 0 Å². The number of anilines is 2. The first kappa shape index (κ1) is 29.2. The van der Waals surface area contributed by atoms with Crippen LogP contribution in [0.1, 0.15) is 5.56 Å². The number of rotatable bonds is 8. The second-order valence-corrected chi connectivity index (χ2v) is 9.86. The van der Waals surface area contributed by atoms with Crippen LogP contribution >= 0.6 is 0 Å². The molecule has 0 unspecified atom stereocenters. The van der Waals surface area contributed by atoms with Crippen LogP contribution in [-0.4, -0.2) is 63.8 Å². The predicted octanol–water partition coefficient (Wildman–Crippen LogP) is 4.23. The Morgan fingerprint density at radius 2 is 1.56 bits per heavy atom. The fourth-order valence-electron chi connectivity index (χ4n) is 4.54. The third-order valence-corrected chi connectivity index (χ3v) is 6.73. The van der Waals surface area contributed by atoms with Crippen molar-refractivity contribution in [2.45, 2.75) is 6.54 Å². The molecule has 0 atom stereocenters. The van der Waals surface area contributed by atoms with Crippen LogP contribution in [0.3, 0.4) is 0 Å². The van der Waals surface area contributed by atoms with Gasteiger partial charge in [-0.25, -0.2) is 4.68 Å². The molecule has 6 rings (SSSR count). The van der Waals surface area contributed by atoms with Gasteiger partial charge in [-0.1, -0.05) is 53.7 Å². The molecule has 4 aromatic carbocycles. The highest BCUT2D eigenvalue weighted by Gasteiger charge is 2.18. The van der Waals surface area contributed by atoms with Crippen molar-refractivity contribution in [2.24, 2.45) is 0 Å². The number of fused-ring (bicyclic) bond motifs is 1. The third-order valence-electron chi connectivity index (χ3n) is 6.73. The summed E-state index contributed by atoms with van der Waals surface area (Å²) in [5.41, 5.74) is 13.0. The molecule has 0 fully saturated rings. The molecule has 0 aliphatic rings. The summed E-state index contributed by atoms with van der Waals surface area (Å²) in [5.74, 6) is 1.55. The maximum absolute atomic E-state index is 8.43. The summed E-state index contributed by atoms with van der Waals surface area (Å²) in [5, 5.41) is 33.9. The van der Waals surface area contributed by atoms with Crippen molar-refractivity contribution in [1.29, 1.82) is 0 Å². The molecule has 0 saturated carbocycles. The summed E-state index contributed by atoms with van der Waals surface area (Å²) in [6.07, 6.45) is 0. The fraction of sp³-hybridized carbons (Fsp3) is 0.129. The number of H-pyrrole nitrogens is 1. The minimum atomic E-state index is -1.78. The maximum Gasteiger partial charge on any atom is 0.707 e. The molecule has 11 nitrogen and oxygen atoms in total. The van der Waals surface area contributed by atoms with E-state index < -0.39 is 7.32 Å². The number of hydrogen-bond acceptors (Lipinski definition) is 9. The minimum absolute atomic E-state index is 0.380. The summed E-state index contributed by atoms with van der Waals surface area (Å²) in [6, 6.07) is 31.2. The van der Waals surface area contributed by atoms with Gasteiger partial charge >= 0.3 is 7.32 Å². The lowest BCUT2D eigenvalue weighted by atomic mass is 10.0. The van der Waals surface area contributed by atoms with Gasteiger partial charge in [0, 0.05) is 36.3 Å². The van der Waals surface area contributed by atoms with Crippen LogP contribution in [0, 0.1) is 0 Å². The van der Waals surface area contributed by atoms with Crippen molar-refractivity contribution in [3.63, 3.8) is 0 Å². The zero-order valence-electron chi connectivity index (χ0n) is 24.0. The molecule has 218 valence electrons. The lowest BCUT2D eigenvalue weighted by Gasteiger charge is -2.14. The van der Waals surface area contributed by atoms with Gasteiger partial charge in [-0.3, -0.25) is 5.10 Å². The number of nitrogen functional groups attached to an aromatic ring is 1. The van der Waals surface area contributed by atoms with E-state index in [-0.39, 0.29) is 0 Å². The Morgan fingerprint density at radius 1 is 0.884 bits per heavy atom. The molecule has 6 aromatic rings. The number of nitrogens with two attached hydrogens (primary N) is 1. The SMILES string of the molecule is CN(C)c1ccc(-c2c(-c3ccc4[nH]nc(N)c4c3)nnn2Cc2ccccc2)cc1.COc1ccc(OB(O)O)cc1. The number of aromatic nitrogens is 5. The standard InChI is InChI=1S/C24H23N7.C7H9BO4/c1-30(2)19-11-8-17(9-12-19)23-22(18-10-13-21-20(14-18)24(25)28-26-21)27-29-31(23)15-16-6-4-3-5-7-16;1-11-6-2-4-7(5-3-6)12-8(9)10/h3-14H,15H2,1-2H3,(H3,25,26,28);2-5,9-10H,1H3. The van der Waals surface area contributed by atoms with Crippen LogP contribution < -0.4 is 20.0 Å². The van der Waals surface area contributed by atoms with Crippen LogP contribution in [0.15, 0.2) is 97.1 Å². The van der Waals surface area contributed by atoms with Gasteiger partial charge in [0.1, 0.15) is 17.2 Å². The van der Waals surface area contributed by atoms with Crippen LogP contribution in [0.25, 0.3) is 33.4 Å². The Bertz CT molecular complexity index is 1770. The molecule has 0 saturated heterocycles. The molecular weight excluding hydrogens is 545 g/mol. The molecule has 2 heterocycles. The van der Waals surface area contributed by atoms with Crippen molar-refractivity contribution < 1.29 is 19.4 Å². The lowest BCUT2D eigenvalue weighted by molar-refractivity contribution is 0.288. The average Bonchev–Trinajstić information content (AvgIpc) is 3.61. The molecule has 0 bridgehead atoms. The molecule has 5 N–H and O–H groups in total. The summed E-state index contributed by atoms with van der Waals surface area (Å²) in [7, 11) is 3.84.